The van der Waals surface area contributed by atoms with Crippen molar-refractivity contribution < 1.29 is 9.59 Å². The Morgan fingerprint density at radius 3 is 2.38 bits per heavy atom. The second-order valence-corrected chi connectivity index (χ2v) is 5.18. The number of hydrogen-bond donors (Lipinski definition) is 2. The van der Waals surface area contributed by atoms with E-state index in [9.17, 15) is 9.59 Å². The third-order valence-corrected chi connectivity index (χ3v) is 3.35. The minimum Gasteiger partial charge on any atom is -0.366 e. The van der Waals surface area contributed by atoms with Crippen LogP contribution in [0.5, 0.6) is 0 Å². The fourth-order valence-corrected chi connectivity index (χ4v) is 2.17. The molecule has 0 unspecified atom stereocenters. The number of hydrogen-bond acceptors (Lipinski definition) is 3. The number of nitrogens with zero attached hydrogens (tertiary/aromatic N) is 1. The molecule has 1 heterocycles. The van der Waals surface area contributed by atoms with Crippen LogP contribution < -0.4 is 11.1 Å². The van der Waals surface area contributed by atoms with Crippen LogP contribution in [0.15, 0.2) is 30.3 Å². The lowest BCUT2D eigenvalue weighted by molar-refractivity contribution is 0.0998. The Labute approximate surface area is 135 Å². The van der Waals surface area contributed by atoms with Crippen LogP contribution in [0.3, 0.4) is 0 Å². The zero-order chi connectivity index (χ0) is 15.6. The number of halogens is 3. The molecule has 1 aromatic carbocycles. The summed E-state index contributed by atoms with van der Waals surface area (Å²) in [5.41, 5.74) is 5.66. The molecule has 5 nitrogen and oxygen atoms in total. The van der Waals surface area contributed by atoms with E-state index in [-0.39, 0.29) is 26.5 Å². The molecule has 0 spiro atoms. The van der Waals surface area contributed by atoms with Crippen LogP contribution in [0.2, 0.25) is 15.2 Å². The maximum atomic E-state index is 12.1. The Morgan fingerprint density at radius 2 is 1.76 bits per heavy atom. The maximum absolute atomic E-state index is 12.1. The van der Waals surface area contributed by atoms with Crippen molar-refractivity contribution >= 4 is 52.3 Å². The molecule has 2 aromatic rings. The van der Waals surface area contributed by atoms with Crippen molar-refractivity contribution in [3.05, 3.63) is 56.8 Å². The van der Waals surface area contributed by atoms with Gasteiger partial charge < -0.3 is 11.1 Å². The quantitative estimate of drug-likeness (QED) is 0.837. The Balaban J connectivity index is 2.26. The number of anilines is 1. The van der Waals surface area contributed by atoms with Crippen molar-refractivity contribution in [2.24, 2.45) is 5.73 Å². The molecule has 0 saturated carbocycles. The molecule has 21 heavy (non-hydrogen) atoms. The number of nitrogens with two attached hydrogens (primary N) is 1. The normalized spacial score (nSPS) is 10.2. The second kappa shape index (κ2) is 6.30. The molecule has 0 aliphatic heterocycles. The van der Waals surface area contributed by atoms with Crippen molar-refractivity contribution in [1.82, 2.24) is 4.98 Å². The van der Waals surface area contributed by atoms with Gasteiger partial charge in [-0.3, -0.25) is 9.59 Å². The molecule has 0 aliphatic carbocycles. The lowest BCUT2D eigenvalue weighted by Gasteiger charge is -2.08. The summed E-state index contributed by atoms with van der Waals surface area (Å²) in [4.78, 5) is 27.0. The Morgan fingerprint density at radius 1 is 1.05 bits per heavy atom. The van der Waals surface area contributed by atoms with Gasteiger partial charge >= 0.3 is 0 Å². The molecule has 108 valence electrons. The van der Waals surface area contributed by atoms with Gasteiger partial charge in [-0.1, -0.05) is 34.8 Å². The van der Waals surface area contributed by atoms with Crippen LogP contribution in [0.25, 0.3) is 0 Å². The van der Waals surface area contributed by atoms with E-state index in [1.165, 1.54) is 30.3 Å². The summed E-state index contributed by atoms with van der Waals surface area (Å²) in [6, 6.07) is 7.24. The van der Waals surface area contributed by atoms with E-state index in [1.807, 2.05) is 0 Å². The Bertz CT molecular complexity index is 735. The van der Waals surface area contributed by atoms with Gasteiger partial charge in [-0.15, -0.1) is 0 Å². The average Bonchev–Trinajstić information content (AvgIpc) is 2.41. The van der Waals surface area contributed by atoms with Crippen LogP contribution in [-0.4, -0.2) is 16.8 Å². The number of carbonyl (C=O) groups is 2. The van der Waals surface area contributed by atoms with Gasteiger partial charge in [-0.25, -0.2) is 4.98 Å². The molecule has 0 radical (unpaired) electrons. The molecule has 0 fully saturated rings. The van der Waals surface area contributed by atoms with Gasteiger partial charge in [0.25, 0.3) is 5.91 Å². The Hall–Kier alpha value is -1.82. The lowest BCUT2D eigenvalue weighted by atomic mass is 10.2. The lowest BCUT2D eigenvalue weighted by Crippen LogP contribution is -2.15. The minimum atomic E-state index is -0.655. The van der Waals surface area contributed by atoms with Crippen LogP contribution in [0.4, 0.5) is 5.69 Å². The van der Waals surface area contributed by atoms with Crippen molar-refractivity contribution in [3.63, 3.8) is 0 Å². The smallest absolute Gasteiger partial charge is 0.275 e. The number of pyridine rings is 1. The van der Waals surface area contributed by atoms with Gasteiger partial charge in [-0.05, 0) is 30.3 Å². The summed E-state index contributed by atoms with van der Waals surface area (Å²) in [7, 11) is 0. The van der Waals surface area contributed by atoms with E-state index in [4.69, 9.17) is 40.5 Å². The molecule has 3 N–H and O–H groups in total. The number of rotatable bonds is 3. The number of amides is 2. The number of aromatic nitrogens is 1. The predicted octanol–water partition coefficient (Wildman–Crippen LogP) is 3.39. The zero-order valence-corrected chi connectivity index (χ0v) is 12.6. The van der Waals surface area contributed by atoms with Crippen LogP contribution in [0, 0.1) is 0 Å². The van der Waals surface area contributed by atoms with E-state index < -0.39 is 11.8 Å². The van der Waals surface area contributed by atoms with E-state index in [1.54, 1.807) is 0 Å². The molecule has 2 rings (SSSR count). The standard InChI is InChI=1S/C13H8Cl3N3O2/c14-8-3-4-10(16)19-11(8)13(21)18-6-1-2-7(12(17)20)9(15)5-6/h1-5H,(H2,17,20)(H,18,21). The predicted molar refractivity (Wildman–Crippen MR) is 82.2 cm³/mol. The fourth-order valence-electron chi connectivity index (χ4n) is 1.56. The second-order valence-electron chi connectivity index (χ2n) is 3.98. The maximum Gasteiger partial charge on any atom is 0.275 e. The summed E-state index contributed by atoms with van der Waals surface area (Å²) >= 11 is 17.5. The Kier molecular flexibility index (Phi) is 4.67. The summed E-state index contributed by atoms with van der Waals surface area (Å²) in [5.74, 6) is -1.21. The van der Waals surface area contributed by atoms with Crippen molar-refractivity contribution in [1.29, 1.82) is 0 Å². The van der Waals surface area contributed by atoms with Gasteiger partial charge in [0, 0.05) is 5.69 Å². The molecule has 0 saturated heterocycles. The van der Waals surface area contributed by atoms with E-state index in [0.29, 0.717) is 5.69 Å². The molecule has 8 heteroatoms. The first-order valence-corrected chi connectivity index (χ1v) is 6.74. The molecular formula is C13H8Cl3N3O2. The molecule has 0 bridgehead atoms. The number of nitrogens with one attached hydrogen (secondary N) is 1. The summed E-state index contributed by atoms with van der Waals surface area (Å²) in [6.07, 6.45) is 0. The first kappa shape index (κ1) is 15.6. The molecule has 0 atom stereocenters. The topological polar surface area (TPSA) is 85.1 Å². The van der Waals surface area contributed by atoms with Gasteiger partial charge in [0.05, 0.1) is 15.6 Å². The summed E-state index contributed by atoms with van der Waals surface area (Å²) in [6.45, 7) is 0. The minimum absolute atomic E-state index is 0.0146. The third kappa shape index (κ3) is 3.64. The zero-order valence-electron chi connectivity index (χ0n) is 10.4. The summed E-state index contributed by atoms with van der Waals surface area (Å²) in [5, 5.41) is 2.99. The first-order valence-electron chi connectivity index (χ1n) is 5.61. The van der Waals surface area contributed by atoms with E-state index >= 15 is 0 Å². The first-order chi connectivity index (χ1) is 9.88. The van der Waals surface area contributed by atoms with Gasteiger partial charge in [0.1, 0.15) is 10.8 Å². The molecule has 1 aromatic heterocycles. The highest BCUT2D eigenvalue weighted by molar-refractivity contribution is 6.35. The SMILES string of the molecule is NC(=O)c1ccc(NC(=O)c2nc(Cl)ccc2Cl)cc1Cl. The highest BCUT2D eigenvalue weighted by Gasteiger charge is 2.14. The molecular weight excluding hydrogens is 337 g/mol. The number of benzene rings is 1. The number of carbonyl (C=O) groups excluding carboxylic acids is 2. The third-order valence-electron chi connectivity index (χ3n) is 2.52. The van der Waals surface area contributed by atoms with Crippen molar-refractivity contribution in [3.8, 4) is 0 Å². The average molecular weight is 345 g/mol. The number of primary amides is 1. The van der Waals surface area contributed by atoms with Crippen molar-refractivity contribution in [2.75, 3.05) is 5.32 Å². The van der Waals surface area contributed by atoms with Gasteiger partial charge in [-0.2, -0.15) is 0 Å². The highest BCUT2D eigenvalue weighted by Crippen LogP contribution is 2.22. The van der Waals surface area contributed by atoms with E-state index in [2.05, 4.69) is 10.3 Å². The highest BCUT2D eigenvalue weighted by atomic mass is 35.5. The molecule has 0 aliphatic rings. The van der Waals surface area contributed by atoms with Crippen molar-refractivity contribution in [2.45, 2.75) is 0 Å². The summed E-state index contributed by atoms with van der Waals surface area (Å²) < 4.78 is 0. The monoisotopic (exact) mass is 343 g/mol. The fraction of sp³-hybridized carbons (Fsp3) is 0. The van der Waals surface area contributed by atoms with Crippen LogP contribution >= 0.6 is 34.8 Å². The molecule has 2 amide bonds. The largest absolute Gasteiger partial charge is 0.366 e. The van der Waals surface area contributed by atoms with Crippen LogP contribution in [-0.2, 0) is 0 Å². The van der Waals surface area contributed by atoms with Gasteiger partial charge in [0.15, 0.2) is 0 Å². The van der Waals surface area contributed by atoms with Crippen LogP contribution in [0.1, 0.15) is 20.8 Å². The van der Waals surface area contributed by atoms with Gasteiger partial charge in [0.2, 0.25) is 5.91 Å². The van der Waals surface area contributed by atoms with E-state index in [0.717, 1.165) is 0 Å².